The largest absolute Gasteiger partial charge is 0.311 e. The summed E-state index contributed by atoms with van der Waals surface area (Å²) in [5, 5.41) is 4.05. The minimum Gasteiger partial charge on any atom is -0.311 e. The van der Waals surface area contributed by atoms with Crippen LogP contribution in [-0.4, -0.2) is 12.1 Å². The molecule has 2 aliphatic rings. The molecule has 2 aliphatic carbocycles. The van der Waals surface area contributed by atoms with E-state index in [1.165, 1.54) is 77.0 Å². The monoisotopic (exact) mass is 265 g/mol. The van der Waals surface area contributed by atoms with Gasteiger partial charge in [0.2, 0.25) is 0 Å². The maximum absolute atomic E-state index is 4.05. The highest BCUT2D eigenvalue weighted by atomic mass is 15.0. The Morgan fingerprint density at radius 1 is 0.895 bits per heavy atom. The number of hydrogen-bond donors (Lipinski definition) is 1. The van der Waals surface area contributed by atoms with Crippen LogP contribution in [-0.2, 0) is 0 Å². The number of nitrogens with one attached hydrogen (secondary N) is 1. The lowest BCUT2D eigenvalue weighted by Gasteiger charge is -2.41. The van der Waals surface area contributed by atoms with Crippen LogP contribution in [0.5, 0.6) is 0 Å². The van der Waals surface area contributed by atoms with Gasteiger partial charge in [0.25, 0.3) is 0 Å². The Bertz CT molecular complexity index is 232. The van der Waals surface area contributed by atoms with E-state index in [2.05, 4.69) is 19.2 Å². The van der Waals surface area contributed by atoms with E-state index >= 15 is 0 Å². The normalized spacial score (nSPS) is 31.3. The maximum atomic E-state index is 4.05. The molecule has 0 aromatic rings. The second kappa shape index (κ2) is 8.29. The SMILES string of the molecule is CCCC(CC)NC1CCCCC1C1CCCCC1. The first-order chi connectivity index (χ1) is 9.35. The van der Waals surface area contributed by atoms with E-state index < -0.39 is 0 Å². The van der Waals surface area contributed by atoms with Gasteiger partial charge in [-0.3, -0.25) is 0 Å². The van der Waals surface area contributed by atoms with Gasteiger partial charge in [0.15, 0.2) is 0 Å². The van der Waals surface area contributed by atoms with E-state index in [0.29, 0.717) is 0 Å². The first-order valence-corrected chi connectivity index (χ1v) is 9.11. The van der Waals surface area contributed by atoms with Crippen LogP contribution in [0.4, 0.5) is 0 Å². The van der Waals surface area contributed by atoms with Crippen LogP contribution in [0.3, 0.4) is 0 Å². The zero-order valence-corrected chi connectivity index (χ0v) is 13.3. The summed E-state index contributed by atoms with van der Waals surface area (Å²) < 4.78 is 0. The van der Waals surface area contributed by atoms with Gasteiger partial charge in [0.1, 0.15) is 0 Å². The standard InChI is InChI=1S/C18H35N/c1-3-10-16(4-2)19-18-14-9-8-13-17(18)15-11-6-5-7-12-15/h15-19H,3-14H2,1-2H3. The Kier molecular flexibility index (Phi) is 6.70. The molecule has 1 heteroatoms. The molecule has 1 nitrogen and oxygen atoms in total. The topological polar surface area (TPSA) is 12.0 Å². The molecule has 0 aromatic heterocycles. The van der Waals surface area contributed by atoms with Crippen molar-refractivity contribution in [3.63, 3.8) is 0 Å². The lowest BCUT2D eigenvalue weighted by molar-refractivity contribution is 0.139. The lowest BCUT2D eigenvalue weighted by atomic mass is 9.70. The predicted octanol–water partition coefficient (Wildman–Crippen LogP) is 5.29. The fourth-order valence-electron chi connectivity index (χ4n) is 4.55. The summed E-state index contributed by atoms with van der Waals surface area (Å²) in [7, 11) is 0. The van der Waals surface area contributed by atoms with Crippen molar-refractivity contribution in [2.75, 3.05) is 0 Å². The summed E-state index contributed by atoms with van der Waals surface area (Å²) in [6.45, 7) is 4.68. The van der Waals surface area contributed by atoms with Crippen LogP contribution in [0.15, 0.2) is 0 Å². The first kappa shape index (κ1) is 15.4. The van der Waals surface area contributed by atoms with Crippen LogP contribution < -0.4 is 5.32 Å². The van der Waals surface area contributed by atoms with Crippen molar-refractivity contribution in [1.29, 1.82) is 0 Å². The van der Waals surface area contributed by atoms with E-state index in [1.54, 1.807) is 0 Å². The summed E-state index contributed by atoms with van der Waals surface area (Å²) in [6, 6.07) is 1.62. The Morgan fingerprint density at radius 3 is 2.26 bits per heavy atom. The third-order valence-electron chi connectivity index (χ3n) is 5.65. The fraction of sp³-hybridized carbons (Fsp3) is 1.00. The van der Waals surface area contributed by atoms with Gasteiger partial charge in [-0.2, -0.15) is 0 Å². The van der Waals surface area contributed by atoms with E-state index in [0.717, 1.165) is 23.9 Å². The molecule has 19 heavy (non-hydrogen) atoms. The third-order valence-corrected chi connectivity index (χ3v) is 5.65. The van der Waals surface area contributed by atoms with E-state index in [9.17, 15) is 0 Å². The molecular formula is C18H35N. The van der Waals surface area contributed by atoms with E-state index in [-0.39, 0.29) is 0 Å². The molecule has 2 saturated carbocycles. The summed E-state index contributed by atoms with van der Waals surface area (Å²) >= 11 is 0. The molecule has 0 radical (unpaired) electrons. The van der Waals surface area contributed by atoms with Crippen LogP contribution in [0.25, 0.3) is 0 Å². The van der Waals surface area contributed by atoms with Crippen LogP contribution >= 0.6 is 0 Å². The molecule has 3 unspecified atom stereocenters. The average molecular weight is 265 g/mol. The summed E-state index contributed by atoms with van der Waals surface area (Å²) in [4.78, 5) is 0. The average Bonchev–Trinajstić information content (AvgIpc) is 2.48. The van der Waals surface area contributed by atoms with Crippen molar-refractivity contribution in [2.45, 2.75) is 103 Å². The first-order valence-electron chi connectivity index (χ1n) is 9.11. The minimum absolute atomic E-state index is 0.777. The van der Waals surface area contributed by atoms with Gasteiger partial charge in [0.05, 0.1) is 0 Å². The molecule has 0 aliphatic heterocycles. The van der Waals surface area contributed by atoms with Gasteiger partial charge in [-0.1, -0.05) is 65.2 Å². The van der Waals surface area contributed by atoms with Crippen molar-refractivity contribution in [2.24, 2.45) is 11.8 Å². The highest BCUT2D eigenvalue weighted by Gasteiger charge is 2.33. The summed E-state index contributed by atoms with van der Waals surface area (Å²) in [6.07, 6.45) is 17.4. The van der Waals surface area contributed by atoms with Gasteiger partial charge >= 0.3 is 0 Å². The quantitative estimate of drug-likeness (QED) is 0.687. The number of hydrogen-bond acceptors (Lipinski definition) is 1. The second-order valence-electron chi connectivity index (χ2n) is 7.01. The molecule has 1 N–H and O–H groups in total. The zero-order valence-electron chi connectivity index (χ0n) is 13.3. The Balaban J connectivity index is 1.90. The van der Waals surface area contributed by atoms with Crippen molar-refractivity contribution in [3.05, 3.63) is 0 Å². The zero-order chi connectivity index (χ0) is 13.5. The minimum atomic E-state index is 0.777. The smallest absolute Gasteiger partial charge is 0.0101 e. The highest BCUT2D eigenvalue weighted by Crippen LogP contribution is 2.38. The van der Waals surface area contributed by atoms with Crippen molar-refractivity contribution in [3.8, 4) is 0 Å². The predicted molar refractivity (Wildman–Crippen MR) is 84.4 cm³/mol. The van der Waals surface area contributed by atoms with E-state index in [1.807, 2.05) is 0 Å². The Morgan fingerprint density at radius 2 is 1.58 bits per heavy atom. The molecule has 112 valence electrons. The molecule has 0 heterocycles. The fourth-order valence-corrected chi connectivity index (χ4v) is 4.55. The van der Waals surface area contributed by atoms with Crippen LogP contribution in [0.2, 0.25) is 0 Å². The molecule has 0 aromatic carbocycles. The molecule has 2 rings (SSSR count). The summed E-state index contributed by atoms with van der Waals surface area (Å²) in [5.74, 6) is 2.05. The Hall–Kier alpha value is -0.0400. The van der Waals surface area contributed by atoms with Crippen molar-refractivity contribution < 1.29 is 0 Å². The molecule has 3 atom stereocenters. The molecule has 2 fully saturated rings. The van der Waals surface area contributed by atoms with Crippen molar-refractivity contribution in [1.82, 2.24) is 5.32 Å². The highest BCUT2D eigenvalue weighted by molar-refractivity contribution is 4.88. The molecule has 0 bridgehead atoms. The van der Waals surface area contributed by atoms with Crippen molar-refractivity contribution >= 4 is 0 Å². The third kappa shape index (κ3) is 4.48. The second-order valence-corrected chi connectivity index (χ2v) is 7.01. The van der Waals surface area contributed by atoms with Crippen LogP contribution in [0, 0.1) is 11.8 Å². The van der Waals surface area contributed by atoms with Crippen LogP contribution in [0.1, 0.15) is 90.9 Å². The van der Waals surface area contributed by atoms with Gasteiger partial charge in [-0.05, 0) is 37.5 Å². The Labute approximate surface area is 120 Å². The summed E-state index contributed by atoms with van der Waals surface area (Å²) in [5.41, 5.74) is 0. The molecule has 0 saturated heterocycles. The molecule has 0 amide bonds. The van der Waals surface area contributed by atoms with Gasteiger partial charge < -0.3 is 5.32 Å². The number of rotatable bonds is 6. The molecule has 0 spiro atoms. The van der Waals surface area contributed by atoms with Gasteiger partial charge in [-0.25, -0.2) is 0 Å². The van der Waals surface area contributed by atoms with E-state index in [4.69, 9.17) is 0 Å². The lowest BCUT2D eigenvalue weighted by Crippen LogP contribution is -2.46. The van der Waals surface area contributed by atoms with Gasteiger partial charge in [0, 0.05) is 12.1 Å². The van der Waals surface area contributed by atoms with Gasteiger partial charge in [-0.15, -0.1) is 0 Å². The maximum Gasteiger partial charge on any atom is 0.0101 e. The molecular weight excluding hydrogens is 230 g/mol.